The molecular formula is C20H20ClFN2O. The third kappa shape index (κ3) is 3.29. The summed E-state index contributed by atoms with van der Waals surface area (Å²) in [5.41, 5.74) is 3.93. The van der Waals surface area contributed by atoms with Crippen LogP contribution in [0.15, 0.2) is 12.1 Å². The Kier molecular flexibility index (Phi) is 4.87. The Morgan fingerprint density at radius 1 is 1.44 bits per heavy atom. The van der Waals surface area contributed by atoms with Gasteiger partial charge in [-0.2, -0.15) is 0 Å². The number of nitrogens with one attached hydrogen (secondary N) is 2. The number of H-pyrrole nitrogens is 1. The van der Waals surface area contributed by atoms with Crippen LogP contribution < -0.4 is 5.32 Å². The maximum absolute atomic E-state index is 14.8. The van der Waals surface area contributed by atoms with Gasteiger partial charge in [-0.15, -0.1) is 0 Å². The van der Waals surface area contributed by atoms with E-state index in [1.807, 2.05) is 19.9 Å². The van der Waals surface area contributed by atoms with Crippen LogP contribution in [0.25, 0.3) is 16.5 Å². The Balaban J connectivity index is 2.10. The lowest BCUT2D eigenvalue weighted by atomic mass is 9.88. The van der Waals surface area contributed by atoms with E-state index in [1.165, 1.54) is 6.07 Å². The van der Waals surface area contributed by atoms with Crippen LogP contribution in [0.1, 0.15) is 43.0 Å². The van der Waals surface area contributed by atoms with Crippen molar-refractivity contribution in [3.8, 4) is 11.8 Å². The number of carbonyl (C=O) groups excluding carboxylic acids is 1. The predicted octanol–water partition coefficient (Wildman–Crippen LogP) is 4.65. The molecule has 1 aliphatic rings. The zero-order valence-corrected chi connectivity index (χ0v) is 15.3. The molecule has 25 heavy (non-hydrogen) atoms. The minimum absolute atomic E-state index is 0.147. The fourth-order valence-electron chi connectivity index (χ4n) is 3.46. The van der Waals surface area contributed by atoms with E-state index in [9.17, 15) is 9.18 Å². The summed E-state index contributed by atoms with van der Waals surface area (Å²) >= 11 is 6.46. The quantitative estimate of drug-likeness (QED) is 0.754. The van der Waals surface area contributed by atoms with Crippen LogP contribution in [0.2, 0.25) is 5.02 Å². The smallest absolute Gasteiger partial charge is 0.296 e. The molecule has 0 spiro atoms. The topological polar surface area (TPSA) is 44.9 Å². The largest absolute Gasteiger partial charge is 0.357 e. The number of halogens is 2. The van der Waals surface area contributed by atoms with Crippen LogP contribution in [0.3, 0.4) is 0 Å². The number of aromatic nitrogens is 1. The molecule has 2 aromatic rings. The maximum Gasteiger partial charge on any atom is 0.296 e. The summed E-state index contributed by atoms with van der Waals surface area (Å²) < 4.78 is 14.8. The lowest BCUT2D eigenvalue weighted by molar-refractivity contribution is -0.116. The van der Waals surface area contributed by atoms with Crippen LogP contribution >= 0.6 is 11.6 Å². The van der Waals surface area contributed by atoms with Gasteiger partial charge in [0, 0.05) is 22.7 Å². The van der Waals surface area contributed by atoms with Crippen molar-refractivity contribution in [2.75, 3.05) is 0 Å². The van der Waals surface area contributed by atoms with Gasteiger partial charge in [0.25, 0.3) is 5.91 Å². The monoisotopic (exact) mass is 358 g/mol. The van der Waals surface area contributed by atoms with E-state index < -0.39 is 0 Å². The molecule has 0 saturated carbocycles. The Morgan fingerprint density at radius 2 is 2.20 bits per heavy atom. The van der Waals surface area contributed by atoms with Gasteiger partial charge in [0.15, 0.2) is 0 Å². The molecule has 0 bridgehead atoms. The number of benzene rings is 1. The van der Waals surface area contributed by atoms with Gasteiger partial charge < -0.3 is 10.3 Å². The molecule has 0 radical (unpaired) electrons. The fourth-order valence-corrected chi connectivity index (χ4v) is 3.70. The first kappa shape index (κ1) is 17.6. The summed E-state index contributed by atoms with van der Waals surface area (Å²) in [5, 5.41) is 4.14. The molecule has 1 atom stereocenters. The van der Waals surface area contributed by atoms with Gasteiger partial charge in [-0.3, -0.25) is 4.79 Å². The molecule has 0 unspecified atom stereocenters. The van der Waals surface area contributed by atoms with Crippen LogP contribution in [0.5, 0.6) is 0 Å². The molecule has 1 heterocycles. The second kappa shape index (κ2) is 6.93. The van der Waals surface area contributed by atoms with Crippen LogP contribution in [-0.2, 0) is 4.79 Å². The van der Waals surface area contributed by atoms with E-state index >= 15 is 0 Å². The summed E-state index contributed by atoms with van der Waals surface area (Å²) in [5.74, 6) is 4.47. The molecule has 1 amide bonds. The van der Waals surface area contributed by atoms with E-state index in [-0.39, 0.29) is 17.8 Å². The highest BCUT2D eigenvalue weighted by atomic mass is 35.5. The molecule has 0 aliphatic heterocycles. The number of rotatable bonds is 2. The highest BCUT2D eigenvalue weighted by molar-refractivity contribution is 6.37. The van der Waals surface area contributed by atoms with Crippen molar-refractivity contribution in [3.63, 3.8) is 0 Å². The number of amides is 1. The normalized spacial score (nSPS) is 17.0. The summed E-state index contributed by atoms with van der Waals surface area (Å²) in [6.45, 7) is 5.37. The molecule has 1 aromatic heterocycles. The SMILES string of the molecule is CC#CC(=O)N[C@@H]1C=C(c2c(F)cc(C)c3[nH]c(C)c(Cl)c23)CCC1. The number of aryl methyl sites for hydroxylation is 2. The lowest BCUT2D eigenvalue weighted by Gasteiger charge is -2.22. The van der Waals surface area contributed by atoms with Gasteiger partial charge >= 0.3 is 0 Å². The second-order valence-electron chi connectivity index (χ2n) is 6.40. The minimum Gasteiger partial charge on any atom is -0.357 e. The lowest BCUT2D eigenvalue weighted by Crippen LogP contribution is -2.33. The maximum atomic E-state index is 14.8. The van der Waals surface area contributed by atoms with E-state index in [0.29, 0.717) is 10.6 Å². The van der Waals surface area contributed by atoms with Gasteiger partial charge in [-0.25, -0.2) is 4.39 Å². The zero-order valence-electron chi connectivity index (χ0n) is 14.5. The number of fused-ring (bicyclic) bond motifs is 1. The van der Waals surface area contributed by atoms with Crippen LogP contribution in [-0.4, -0.2) is 16.9 Å². The molecule has 1 aliphatic carbocycles. The first-order valence-corrected chi connectivity index (χ1v) is 8.71. The Bertz CT molecular complexity index is 946. The van der Waals surface area contributed by atoms with Gasteiger partial charge in [0.05, 0.1) is 10.5 Å². The van der Waals surface area contributed by atoms with Crippen molar-refractivity contribution >= 4 is 34.0 Å². The van der Waals surface area contributed by atoms with Crippen molar-refractivity contribution in [2.24, 2.45) is 0 Å². The van der Waals surface area contributed by atoms with E-state index in [4.69, 9.17) is 11.6 Å². The minimum atomic E-state index is -0.310. The highest BCUT2D eigenvalue weighted by Crippen LogP contribution is 2.39. The first-order valence-electron chi connectivity index (χ1n) is 8.33. The Labute approximate surface area is 151 Å². The van der Waals surface area contributed by atoms with E-state index in [0.717, 1.165) is 47.0 Å². The van der Waals surface area contributed by atoms with Crippen molar-refractivity contribution in [1.82, 2.24) is 10.3 Å². The second-order valence-corrected chi connectivity index (χ2v) is 6.78. The first-order chi connectivity index (χ1) is 11.9. The molecule has 130 valence electrons. The third-order valence-corrected chi connectivity index (χ3v) is 5.05. The van der Waals surface area contributed by atoms with E-state index in [2.05, 4.69) is 22.1 Å². The molecule has 3 nitrogen and oxygen atoms in total. The number of aromatic amines is 1. The van der Waals surface area contributed by atoms with E-state index in [1.54, 1.807) is 6.92 Å². The van der Waals surface area contributed by atoms with Gasteiger partial charge in [0.2, 0.25) is 0 Å². The van der Waals surface area contributed by atoms with Gasteiger partial charge in [0.1, 0.15) is 5.82 Å². The predicted molar refractivity (Wildman–Crippen MR) is 99.9 cm³/mol. The molecule has 1 aromatic carbocycles. The summed E-state index contributed by atoms with van der Waals surface area (Å²) in [6.07, 6.45) is 4.37. The van der Waals surface area contributed by atoms with Crippen molar-refractivity contribution < 1.29 is 9.18 Å². The molecule has 2 N–H and O–H groups in total. The molecule has 3 rings (SSSR count). The van der Waals surface area contributed by atoms with Crippen LogP contribution in [0, 0.1) is 31.5 Å². The summed E-state index contributed by atoms with van der Waals surface area (Å²) in [7, 11) is 0. The Morgan fingerprint density at radius 3 is 2.92 bits per heavy atom. The standard InChI is InChI=1S/C20H20ClFN2O/c1-4-6-16(25)24-14-8-5-7-13(10-14)17-15(22)9-11(2)20-18(17)19(21)12(3)23-20/h9-10,14,23H,5,7-8H2,1-3H3,(H,24,25)/t14-/m0/s1. The van der Waals surface area contributed by atoms with Gasteiger partial charge in [-0.05, 0) is 63.2 Å². The number of hydrogen-bond acceptors (Lipinski definition) is 1. The van der Waals surface area contributed by atoms with Crippen molar-refractivity contribution in [1.29, 1.82) is 0 Å². The van der Waals surface area contributed by atoms with Crippen LogP contribution in [0.4, 0.5) is 4.39 Å². The Hall–Kier alpha value is -2.25. The summed E-state index contributed by atoms with van der Waals surface area (Å²) in [4.78, 5) is 15.0. The molecular weight excluding hydrogens is 339 g/mol. The fraction of sp³-hybridized carbons (Fsp3) is 0.350. The molecule has 5 heteroatoms. The molecule has 0 saturated heterocycles. The average Bonchev–Trinajstić information content (AvgIpc) is 2.85. The highest BCUT2D eigenvalue weighted by Gasteiger charge is 2.23. The average molecular weight is 359 g/mol. The number of hydrogen-bond donors (Lipinski definition) is 2. The van der Waals surface area contributed by atoms with Gasteiger partial charge in [-0.1, -0.05) is 23.6 Å². The zero-order chi connectivity index (χ0) is 18.1. The number of carbonyl (C=O) groups is 1. The van der Waals surface area contributed by atoms with Crippen molar-refractivity contribution in [3.05, 3.63) is 39.8 Å². The number of allylic oxidation sites excluding steroid dienone is 1. The summed E-state index contributed by atoms with van der Waals surface area (Å²) in [6, 6.07) is 1.39. The molecule has 0 fully saturated rings. The third-order valence-electron chi connectivity index (χ3n) is 4.58. The van der Waals surface area contributed by atoms with Crippen molar-refractivity contribution in [2.45, 2.75) is 46.1 Å².